The number of ether oxygens (including phenoxy) is 1. The third-order valence-electron chi connectivity index (χ3n) is 4.18. The van der Waals surface area contributed by atoms with Gasteiger partial charge in [-0.15, -0.1) is 0 Å². The molecule has 0 radical (unpaired) electrons. The highest BCUT2D eigenvalue weighted by Crippen LogP contribution is 2.39. The van der Waals surface area contributed by atoms with Gasteiger partial charge < -0.3 is 14.5 Å². The number of hydrogen-bond acceptors (Lipinski definition) is 3. The van der Waals surface area contributed by atoms with Crippen LogP contribution in [0.25, 0.3) is 11.8 Å². The zero-order chi connectivity index (χ0) is 16.2. The van der Waals surface area contributed by atoms with Gasteiger partial charge in [0.05, 0.1) is 12.8 Å². The van der Waals surface area contributed by atoms with Crippen LogP contribution in [0.4, 0.5) is 11.4 Å². The van der Waals surface area contributed by atoms with Crippen LogP contribution in [0.5, 0.6) is 0 Å². The lowest BCUT2D eigenvalue weighted by Crippen LogP contribution is -2.24. The smallest absolute Gasteiger partial charge is 0.128 e. The van der Waals surface area contributed by atoms with Crippen LogP contribution >= 0.6 is 0 Å². The molecule has 0 spiro atoms. The van der Waals surface area contributed by atoms with Crippen LogP contribution in [-0.4, -0.2) is 39.2 Å². The molecule has 0 saturated carbocycles. The molecule has 0 unspecified atom stereocenters. The minimum Gasteiger partial charge on any atom is -0.496 e. The number of hydrogen-bond donors (Lipinski definition) is 0. The summed E-state index contributed by atoms with van der Waals surface area (Å²) in [6, 6.07) is 17.0. The van der Waals surface area contributed by atoms with Crippen molar-refractivity contribution in [2.75, 3.05) is 39.2 Å². The average Bonchev–Trinajstić information content (AvgIpc) is 2.70. The molecule has 0 atom stereocenters. The Balaban J connectivity index is 2.06. The second-order valence-corrected chi connectivity index (χ2v) is 6.10. The van der Waals surface area contributed by atoms with E-state index in [1.54, 1.807) is 7.11 Å². The van der Waals surface area contributed by atoms with Crippen LogP contribution < -0.4 is 4.90 Å². The number of rotatable bonds is 5. The van der Waals surface area contributed by atoms with Crippen LogP contribution in [0.1, 0.15) is 17.5 Å². The van der Waals surface area contributed by atoms with E-state index in [-0.39, 0.29) is 0 Å². The van der Waals surface area contributed by atoms with Crippen molar-refractivity contribution in [2.24, 2.45) is 0 Å². The third kappa shape index (κ3) is 3.25. The first-order chi connectivity index (χ1) is 11.2. The van der Waals surface area contributed by atoms with E-state index in [1.807, 2.05) is 0 Å². The van der Waals surface area contributed by atoms with Crippen molar-refractivity contribution >= 4 is 23.2 Å². The van der Waals surface area contributed by atoms with Gasteiger partial charge in [0.25, 0.3) is 0 Å². The lowest BCUT2D eigenvalue weighted by Gasteiger charge is -2.27. The molecular formula is C20H24N2O. The summed E-state index contributed by atoms with van der Waals surface area (Å²) in [5, 5.41) is 0. The summed E-state index contributed by atoms with van der Waals surface area (Å²) in [4.78, 5) is 4.64. The van der Waals surface area contributed by atoms with E-state index in [0.29, 0.717) is 0 Å². The summed E-state index contributed by atoms with van der Waals surface area (Å²) in [5.74, 6) is 0.920. The summed E-state index contributed by atoms with van der Waals surface area (Å²) >= 11 is 0. The molecule has 120 valence electrons. The maximum absolute atomic E-state index is 5.67. The van der Waals surface area contributed by atoms with Gasteiger partial charge in [-0.3, -0.25) is 0 Å². The standard InChI is InChI=1S/C20H24N2O/c1-21(2)13-8-14-22-18-11-6-4-9-16(18)15-20(23-3)17-10-5-7-12-19(17)22/h4-7,9-12,15H,8,13-14H2,1-3H3. The van der Waals surface area contributed by atoms with Crippen molar-refractivity contribution in [2.45, 2.75) is 6.42 Å². The number of methoxy groups -OCH3 is 1. The summed E-state index contributed by atoms with van der Waals surface area (Å²) in [6.45, 7) is 2.06. The molecule has 2 aromatic carbocycles. The fourth-order valence-corrected chi connectivity index (χ4v) is 3.08. The Morgan fingerprint density at radius 1 is 0.957 bits per heavy atom. The molecule has 2 aromatic rings. The second kappa shape index (κ2) is 6.88. The molecule has 0 N–H and O–H groups in total. The van der Waals surface area contributed by atoms with E-state index < -0.39 is 0 Å². The largest absolute Gasteiger partial charge is 0.496 e. The highest BCUT2D eigenvalue weighted by Gasteiger charge is 2.21. The Morgan fingerprint density at radius 2 is 1.65 bits per heavy atom. The van der Waals surface area contributed by atoms with Gasteiger partial charge in [0.2, 0.25) is 0 Å². The first-order valence-electron chi connectivity index (χ1n) is 8.07. The van der Waals surface area contributed by atoms with Crippen LogP contribution in [0.15, 0.2) is 48.5 Å². The Labute approximate surface area is 138 Å². The van der Waals surface area contributed by atoms with Crippen LogP contribution in [-0.2, 0) is 4.74 Å². The van der Waals surface area contributed by atoms with E-state index in [0.717, 1.165) is 30.8 Å². The first kappa shape index (κ1) is 15.6. The Hall–Kier alpha value is -2.26. The minimum absolute atomic E-state index is 0.920. The first-order valence-corrected chi connectivity index (χ1v) is 8.07. The number of fused-ring (bicyclic) bond motifs is 2. The summed E-state index contributed by atoms with van der Waals surface area (Å²) in [6.07, 6.45) is 3.25. The molecule has 0 amide bonds. The molecule has 0 fully saturated rings. The molecule has 3 heteroatoms. The Kier molecular flexibility index (Phi) is 4.68. The van der Waals surface area contributed by atoms with Gasteiger partial charge in [-0.05, 0) is 51.3 Å². The Morgan fingerprint density at radius 3 is 2.39 bits per heavy atom. The summed E-state index contributed by atoms with van der Waals surface area (Å²) < 4.78 is 5.67. The molecule has 3 nitrogen and oxygen atoms in total. The zero-order valence-corrected chi connectivity index (χ0v) is 14.1. The van der Waals surface area contributed by atoms with Gasteiger partial charge in [-0.2, -0.15) is 0 Å². The zero-order valence-electron chi connectivity index (χ0n) is 14.1. The van der Waals surface area contributed by atoms with Crippen molar-refractivity contribution in [1.82, 2.24) is 4.90 Å². The molecule has 23 heavy (non-hydrogen) atoms. The topological polar surface area (TPSA) is 15.7 Å². The number of nitrogens with zero attached hydrogens (tertiary/aromatic N) is 2. The van der Waals surface area contributed by atoms with Crippen molar-refractivity contribution in [3.63, 3.8) is 0 Å². The van der Waals surface area contributed by atoms with Crippen molar-refractivity contribution < 1.29 is 4.74 Å². The fraction of sp³-hybridized carbons (Fsp3) is 0.300. The minimum atomic E-state index is 0.920. The Bertz CT molecular complexity index is 706. The molecule has 0 aliphatic carbocycles. The quantitative estimate of drug-likeness (QED) is 0.822. The highest BCUT2D eigenvalue weighted by molar-refractivity contribution is 5.92. The van der Waals surface area contributed by atoms with E-state index in [1.165, 1.54) is 16.9 Å². The van der Waals surface area contributed by atoms with E-state index in [2.05, 4.69) is 78.5 Å². The van der Waals surface area contributed by atoms with Crippen LogP contribution in [0, 0.1) is 0 Å². The summed E-state index contributed by atoms with van der Waals surface area (Å²) in [7, 11) is 5.98. The number of para-hydroxylation sites is 2. The van der Waals surface area contributed by atoms with Gasteiger partial charge in [-0.25, -0.2) is 0 Å². The van der Waals surface area contributed by atoms with Gasteiger partial charge in [0.1, 0.15) is 5.76 Å². The normalized spacial score (nSPS) is 13.2. The second-order valence-electron chi connectivity index (χ2n) is 6.10. The van der Waals surface area contributed by atoms with Gasteiger partial charge >= 0.3 is 0 Å². The lowest BCUT2D eigenvalue weighted by molar-refractivity contribution is 0.373. The molecule has 0 saturated heterocycles. The molecule has 1 heterocycles. The highest BCUT2D eigenvalue weighted by atomic mass is 16.5. The van der Waals surface area contributed by atoms with Crippen LogP contribution in [0.2, 0.25) is 0 Å². The number of benzene rings is 2. The molecule has 0 bridgehead atoms. The molecule has 1 aliphatic rings. The lowest BCUT2D eigenvalue weighted by atomic mass is 10.1. The van der Waals surface area contributed by atoms with Crippen molar-refractivity contribution in [3.05, 3.63) is 59.7 Å². The predicted molar refractivity (Wildman–Crippen MR) is 97.9 cm³/mol. The van der Waals surface area contributed by atoms with Crippen LogP contribution in [0.3, 0.4) is 0 Å². The molecular weight excluding hydrogens is 284 g/mol. The third-order valence-corrected chi connectivity index (χ3v) is 4.18. The fourth-order valence-electron chi connectivity index (χ4n) is 3.08. The van der Waals surface area contributed by atoms with E-state index in [9.17, 15) is 0 Å². The van der Waals surface area contributed by atoms with Gasteiger partial charge in [0, 0.05) is 23.4 Å². The number of anilines is 2. The van der Waals surface area contributed by atoms with Gasteiger partial charge in [-0.1, -0.05) is 30.3 Å². The van der Waals surface area contributed by atoms with Crippen molar-refractivity contribution in [1.29, 1.82) is 0 Å². The van der Waals surface area contributed by atoms with E-state index >= 15 is 0 Å². The molecule has 0 aromatic heterocycles. The molecule has 3 rings (SSSR count). The van der Waals surface area contributed by atoms with Crippen molar-refractivity contribution in [3.8, 4) is 0 Å². The summed E-state index contributed by atoms with van der Waals surface area (Å²) in [5.41, 5.74) is 4.80. The SMILES string of the molecule is COC1=Cc2ccccc2N(CCCN(C)C)c2ccccc21. The monoisotopic (exact) mass is 308 g/mol. The maximum atomic E-state index is 5.67. The predicted octanol–water partition coefficient (Wildman–Crippen LogP) is 4.23. The average molecular weight is 308 g/mol. The van der Waals surface area contributed by atoms with E-state index in [4.69, 9.17) is 4.74 Å². The van der Waals surface area contributed by atoms with Gasteiger partial charge in [0.15, 0.2) is 0 Å². The molecule has 1 aliphatic heterocycles. The maximum Gasteiger partial charge on any atom is 0.128 e.